The van der Waals surface area contributed by atoms with Crippen LogP contribution in [0.25, 0.3) is 0 Å². The first-order valence-corrected chi connectivity index (χ1v) is 8.02. The molecule has 0 aromatic carbocycles. The second kappa shape index (κ2) is 7.30. The number of hydrogen-bond donors (Lipinski definition) is 1. The summed E-state index contributed by atoms with van der Waals surface area (Å²) < 4.78 is 7.25. The Morgan fingerprint density at radius 2 is 2.04 bits per heavy atom. The summed E-state index contributed by atoms with van der Waals surface area (Å²) in [4.78, 5) is 43.3. The van der Waals surface area contributed by atoms with Gasteiger partial charge in [-0.05, 0) is 6.92 Å². The van der Waals surface area contributed by atoms with Crippen LogP contribution in [0.1, 0.15) is 23.0 Å². The molecule has 2 aromatic rings. The van der Waals surface area contributed by atoms with Gasteiger partial charge in [-0.3, -0.25) is 13.9 Å². The molecule has 0 radical (unpaired) electrons. The Kier molecular flexibility index (Phi) is 5.39. The zero-order valence-electron chi connectivity index (χ0n) is 13.5. The molecule has 0 amide bonds. The molecule has 0 saturated carbocycles. The Balaban J connectivity index is 2.19. The van der Waals surface area contributed by atoms with Crippen LogP contribution in [0.2, 0.25) is 0 Å². The maximum absolute atomic E-state index is 11.9. The molecule has 0 saturated heterocycles. The van der Waals surface area contributed by atoms with Gasteiger partial charge in [0.25, 0.3) is 5.56 Å². The van der Waals surface area contributed by atoms with E-state index in [1.165, 1.54) is 35.6 Å². The minimum absolute atomic E-state index is 0.0174. The number of nitrogen functional groups attached to an aromatic ring is 1. The average Bonchev–Trinajstić information content (AvgIpc) is 2.55. The number of ether oxygens (including phenoxy) is 1. The van der Waals surface area contributed by atoms with Gasteiger partial charge in [0.2, 0.25) is 0 Å². The van der Waals surface area contributed by atoms with E-state index in [0.717, 1.165) is 4.57 Å². The summed E-state index contributed by atoms with van der Waals surface area (Å²) in [7, 11) is 3.00. The molecule has 0 aliphatic rings. The summed E-state index contributed by atoms with van der Waals surface area (Å²) in [6.07, 6.45) is 1.30. The molecular weight excluding hydrogens is 334 g/mol. The average molecular weight is 351 g/mol. The lowest BCUT2D eigenvalue weighted by molar-refractivity contribution is 0.0526. The predicted molar refractivity (Wildman–Crippen MR) is 88.9 cm³/mol. The summed E-state index contributed by atoms with van der Waals surface area (Å²) >= 11 is 1.20. The van der Waals surface area contributed by atoms with Crippen molar-refractivity contribution in [2.45, 2.75) is 17.8 Å². The van der Waals surface area contributed by atoms with Gasteiger partial charge in [-0.1, -0.05) is 11.8 Å². The normalized spacial score (nSPS) is 10.6. The number of nitrogens with zero attached hydrogens (tertiary/aromatic N) is 4. The monoisotopic (exact) mass is 351 g/mol. The van der Waals surface area contributed by atoms with Gasteiger partial charge >= 0.3 is 11.7 Å². The van der Waals surface area contributed by atoms with Crippen molar-refractivity contribution in [1.29, 1.82) is 0 Å². The Bertz CT molecular complexity index is 890. The second-order valence-corrected chi connectivity index (χ2v) is 5.78. The molecule has 0 bridgehead atoms. The molecule has 0 atom stereocenters. The lowest BCUT2D eigenvalue weighted by atomic mass is 10.3. The lowest BCUT2D eigenvalue weighted by Crippen LogP contribution is -2.37. The van der Waals surface area contributed by atoms with Crippen molar-refractivity contribution in [2.75, 3.05) is 12.3 Å². The van der Waals surface area contributed by atoms with E-state index in [9.17, 15) is 14.4 Å². The first-order valence-electron chi connectivity index (χ1n) is 7.03. The largest absolute Gasteiger partial charge is 0.462 e. The first kappa shape index (κ1) is 17.7. The van der Waals surface area contributed by atoms with Crippen LogP contribution in [0.4, 0.5) is 5.82 Å². The second-order valence-electron chi connectivity index (χ2n) is 4.84. The molecule has 128 valence electrons. The minimum atomic E-state index is -0.583. The highest BCUT2D eigenvalue weighted by atomic mass is 32.2. The van der Waals surface area contributed by atoms with E-state index in [0.29, 0.717) is 16.6 Å². The highest BCUT2D eigenvalue weighted by molar-refractivity contribution is 7.98. The number of esters is 1. The predicted octanol–water partition coefficient (Wildman–Crippen LogP) is -0.0748. The summed E-state index contributed by atoms with van der Waals surface area (Å²) in [6, 6.07) is 1.38. The van der Waals surface area contributed by atoms with Gasteiger partial charge in [0.15, 0.2) is 5.16 Å². The van der Waals surface area contributed by atoms with Gasteiger partial charge < -0.3 is 10.5 Å². The summed E-state index contributed by atoms with van der Waals surface area (Å²) in [5.41, 5.74) is 5.59. The van der Waals surface area contributed by atoms with E-state index in [2.05, 4.69) is 9.97 Å². The van der Waals surface area contributed by atoms with Crippen LogP contribution < -0.4 is 17.0 Å². The SMILES string of the molecule is CCOC(=O)c1cnc(SCc2cc(=O)n(C)c(=O)n2C)nc1N. The van der Waals surface area contributed by atoms with E-state index >= 15 is 0 Å². The molecule has 2 rings (SSSR count). The number of carbonyl (C=O) groups is 1. The van der Waals surface area contributed by atoms with Crippen molar-refractivity contribution in [1.82, 2.24) is 19.1 Å². The maximum Gasteiger partial charge on any atom is 0.343 e. The van der Waals surface area contributed by atoms with Gasteiger partial charge in [0, 0.05) is 37.8 Å². The third kappa shape index (κ3) is 3.65. The molecule has 0 aliphatic heterocycles. The van der Waals surface area contributed by atoms with Gasteiger partial charge in [0.1, 0.15) is 11.4 Å². The summed E-state index contributed by atoms with van der Waals surface area (Å²) in [5, 5.41) is 0.327. The Hall–Kier alpha value is -2.62. The van der Waals surface area contributed by atoms with Crippen molar-refractivity contribution in [3.8, 4) is 0 Å². The van der Waals surface area contributed by atoms with Crippen molar-refractivity contribution in [3.05, 3.63) is 44.4 Å². The molecule has 0 spiro atoms. The van der Waals surface area contributed by atoms with E-state index in [1.807, 2.05) is 0 Å². The molecule has 10 heteroatoms. The first-order chi connectivity index (χ1) is 11.3. The molecule has 2 N–H and O–H groups in total. The van der Waals surface area contributed by atoms with Crippen molar-refractivity contribution < 1.29 is 9.53 Å². The standard InChI is InChI=1S/C14H17N5O4S/c1-4-23-12(21)9-6-16-13(17-11(9)15)24-7-8-5-10(20)19(3)14(22)18(8)2/h5-6H,4,7H2,1-3H3,(H2,15,16,17). The number of thioether (sulfide) groups is 1. The van der Waals surface area contributed by atoms with Crippen molar-refractivity contribution >= 4 is 23.5 Å². The third-order valence-electron chi connectivity index (χ3n) is 3.27. The van der Waals surface area contributed by atoms with E-state index in [1.54, 1.807) is 14.0 Å². The van der Waals surface area contributed by atoms with Gasteiger partial charge in [-0.15, -0.1) is 0 Å². The number of rotatable bonds is 5. The number of anilines is 1. The molecule has 0 aliphatic carbocycles. The highest BCUT2D eigenvalue weighted by Gasteiger charge is 2.14. The fraction of sp³-hybridized carbons (Fsp3) is 0.357. The Morgan fingerprint density at radius 1 is 1.33 bits per heavy atom. The topological polar surface area (TPSA) is 122 Å². The number of nitrogens with two attached hydrogens (primary N) is 1. The molecule has 24 heavy (non-hydrogen) atoms. The molecule has 2 heterocycles. The summed E-state index contributed by atoms with van der Waals surface area (Å²) in [5.74, 6) is -0.260. The maximum atomic E-state index is 11.9. The molecule has 2 aromatic heterocycles. The quantitative estimate of drug-likeness (QED) is 0.451. The van der Waals surface area contributed by atoms with Crippen LogP contribution in [-0.2, 0) is 24.6 Å². The number of hydrogen-bond acceptors (Lipinski definition) is 8. The van der Waals surface area contributed by atoms with E-state index in [4.69, 9.17) is 10.5 Å². The zero-order chi connectivity index (χ0) is 17.9. The molecule has 9 nitrogen and oxygen atoms in total. The zero-order valence-corrected chi connectivity index (χ0v) is 14.3. The third-order valence-corrected chi connectivity index (χ3v) is 4.16. The molecular formula is C14H17N5O4S. The fourth-order valence-corrected chi connectivity index (χ4v) is 2.71. The number of carbonyl (C=O) groups excluding carboxylic acids is 1. The number of aromatic nitrogens is 4. The Morgan fingerprint density at radius 3 is 2.67 bits per heavy atom. The van der Waals surface area contributed by atoms with Gasteiger partial charge in [-0.25, -0.2) is 19.6 Å². The minimum Gasteiger partial charge on any atom is -0.462 e. The lowest BCUT2D eigenvalue weighted by Gasteiger charge is -2.09. The summed E-state index contributed by atoms with van der Waals surface area (Å²) in [6.45, 7) is 1.92. The molecule has 0 unspecified atom stereocenters. The van der Waals surface area contributed by atoms with Gasteiger partial charge in [0.05, 0.1) is 6.61 Å². The smallest absolute Gasteiger partial charge is 0.343 e. The van der Waals surface area contributed by atoms with Crippen LogP contribution in [-0.4, -0.2) is 31.7 Å². The molecule has 0 fully saturated rings. The van der Waals surface area contributed by atoms with Crippen LogP contribution in [0.5, 0.6) is 0 Å². The van der Waals surface area contributed by atoms with Gasteiger partial charge in [-0.2, -0.15) is 0 Å². The highest BCUT2D eigenvalue weighted by Crippen LogP contribution is 2.20. The van der Waals surface area contributed by atoms with E-state index < -0.39 is 11.7 Å². The van der Waals surface area contributed by atoms with Crippen molar-refractivity contribution in [3.63, 3.8) is 0 Å². The van der Waals surface area contributed by atoms with E-state index in [-0.39, 0.29) is 23.5 Å². The Labute approximate surface area is 141 Å². The van der Waals surface area contributed by atoms with Crippen LogP contribution in [0.15, 0.2) is 27.0 Å². The van der Waals surface area contributed by atoms with Crippen LogP contribution in [0, 0.1) is 0 Å². The van der Waals surface area contributed by atoms with Crippen LogP contribution >= 0.6 is 11.8 Å². The van der Waals surface area contributed by atoms with Crippen molar-refractivity contribution in [2.24, 2.45) is 14.1 Å². The van der Waals surface area contributed by atoms with Crippen LogP contribution in [0.3, 0.4) is 0 Å². The fourth-order valence-electron chi connectivity index (χ4n) is 1.87.